The van der Waals surface area contributed by atoms with Gasteiger partial charge in [0.05, 0.1) is 13.1 Å². The molecule has 0 saturated carbocycles. The first-order valence-corrected chi connectivity index (χ1v) is 5.26. The van der Waals surface area contributed by atoms with Gasteiger partial charge in [0.25, 0.3) is 0 Å². The Kier molecular flexibility index (Phi) is 8.02. The van der Waals surface area contributed by atoms with Crippen LogP contribution < -0.4 is 24.8 Å². The normalized spacial score (nSPS) is 15.8. The van der Waals surface area contributed by atoms with Crippen LogP contribution in [0.4, 0.5) is 0 Å². The van der Waals surface area contributed by atoms with E-state index in [0.717, 1.165) is 11.4 Å². The molecule has 3 rings (SSSR count). The Morgan fingerprint density at radius 2 is 1.32 bits per heavy atom. The van der Waals surface area contributed by atoms with Gasteiger partial charge in [0.15, 0.2) is 0 Å². The minimum Gasteiger partial charge on any atom is -1.00 e. The van der Waals surface area contributed by atoms with Gasteiger partial charge >= 0.3 is 17.1 Å². The van der Waals surface area contributed by atoms with Gasteiger partial charge in [-0.3, -0.25) is 0 Å². The van der Waals surface area contributed by atoms with Crippen molar-refractivity contribution in [3.63, 3.8) is 0 Å². The van der Waals surface area contributed by atoms with E-state index >= 15 is 0 Å². The average molecular weight is 344 g/mol. The summed E-state index contributed by atoms with van der Waals surface area (Å²) in [5.41, 5.74) is 1.49. The molecular formula is C11H11Cl2FeN3O2. The van der Waals surface area contributed by atoms with Gasteiger partial charge in [-0.25, -0.2) is 15.0 Å². The molecule has 0 N–H and O–H groups in total. The molecule has 0 atom stereocenters. The summed E-state index contributed by atoms with van der Waals surface area (Å²) in [6.45, 7) is 2.69. The van der Waals surface area contributed by atoms with Crippen molar-refractivity contribution in [2.45, 2.75) is 0 Å². The van der Waals surface area contributed by atoms with Crippen LogP contribution in [0.15, 0.2) is 28.2 Å². The molecule has 19 heavy (non-hydrogen) atoms. The molecule has 104 valence electrons. The van der Waals surface area contributed by atoms with Gasteiger partial charge in [0, 0.05) is 0 Å². The number of hydrogen-bond acceptors (Lipinski definition) is 5. The molecule has 0 saturated heterocycles. The van der Waals surface area contributed by atoms with E-state index in [0.29, 0.717) is 38.1 Å². The van der Waals surface area contributed by atoms with Crippen LogP contribution in [0.2, 0.25) is 0 Å². The van der Waals surface area contributed by atoms with Gasteiger partial charge in [-0.2, -0.15) is 0 Å². The van der Waals surface area contributed by atoms with Crippen molar-refractivity contribution in [2.75, 3.05) is 26.3 Å². The summed E-state index contributed by atoms with van der Waals surface area (Å²) in [6, 6.07) is 5.67. The van der Waals surface area contributed by atoms with Crippen molar-refractivity contribution in [2.24, 2.45) is 9.98 Å². The number of ether oxygens (including phenoxy) is 2. The quantitative estimate of drug-likeness (QED) is 0.504. The Balaban J connectivity index is 0.00000108. The molecule has 0 amide bonds. The van der Waals surface area contributed by atoms with Crippen LogP contribution >= 0.6 is 0 Å². The van der Waals surface area contributed by atoms with Crippen molar-refractivity contribution < 1.29 is 51.4 Å². The van der Waals surface area contributed by atoms with Gasteiger partial charge in [0.2, 0.25) is 11.8 Å². The maximum Gasteiger partial charge on any atom is 2.00 e. The second-order valence-electron chi connectivity index (χ2n) is 3.48. The number of pyridine rings is 1. The monoisotopic (exact) mass is 343 g/mol. The maximum absolute atomic E-state index is 5.36. The molecule has 0 fully saturated rings. The standard InChI is InChI=1S/C11H11N3O2.2ClH.Fe/c1-2-8(10-12-4-6-15-10)14-9(3-1)11-13-5-7-16-11;;;/h1-3H,4-7H2;2*1H;/q;;;+2/p-2. The molecule has 0 bridgehead atoms. The molecular weight excluding hydrogens is 333 g/mol. The predicted octanol–water partition coefficient (Wildman–Crippen LogP) is -5.36. The van der Waals surface area contributed by atoms with E-state index in [4.69, 9.17) is 9.47 Å². The van der Waals surface area contributed by atoms with Crippen molar-refractivity contribution in [3.05, 3.63) is 29.6 Å². The predicted molar refractivity (Wildman–Crippen MR) is 58.9 cm³/mol. The minimum atomic E-state index is 0. The molecule has 8 heteroatoms. The number of aromatic nitrogens is 1. The number of hydrogen-bond donors (Lipinski definition) is 0. The van der Waals surface area contributed by atoms with Gasteiger partial charge in [0.1, 0.15) is 24.6 Å². The van der Waals surface area contributed by atoms with Crippen LogP contribution in [0.25, 0.3) is 0 Å². The number of halogens is 2. The first-order valence-electron chi connectivity index (χ1n) is 5.26. The topological polar surface area (TPSA) is 56.1 Å². The second kappa shape index (κ2) is 8.38. The summed E-state index contributed by atoms with van der Waals surface area (Å²) in [7, 11) is 0. The first kappa shape index (κ1) is 18.2. The molecule has 1 aromatic heterocycles. The van der Waals surface area contributed by atoms with E-state index in [1.54, 1.807) is 0 Å². The van der Waals surface area contributed by atoms with Gasteiger partial charge in [-0.1, -0.05) is 6.07 Å². The van der Waals surface area contributed by atoms with Crippen molar-refractivity contribution in [1.82, 2.24) is 4.98 Å². The number of aliphatic imine (C=N–C) groups is 2. The van der Waals surface area contributed by atoms with E-state index in [9.17, 15) is 0 Å². The van der Waals surface area contributed by atoms with E-state index in [2.05, 4.69) is 15.0 Å². The third-order valence-electron chi connectivity index (χ3n) is 2.36. The second-order valence-corrected chi connectivity index (χ2v) is 3.48. The summed E-state index contributed by atoms with van der Waals surface area (Å²) < 4.78 is 10.7. The molecule has 2 aliphatic rings. The molecule has 0 unspecified atom stereocenters. The van der Waals surface area contributed by atoms with Crippen molar-refractivity contribution in [3.8, 4) is 0 Å². The van der Waals surface area contributed by atoms with Crippen LogP contribution in [-0.2, 0) is 26.5 Å². The van der Waals surface area contributed by atoms with Crippen LogP contribution in [-0.4, -0.2) is 43.1 Å². The zero-order valence-corrected chi connectivity index (χ0v) is 12.4. The summed E-state index contributed by atoms with van der Waals surface area (Å²) in [5, 5.41) is 0. The zero-order chi connectivity index (χ0) is 10.8. The van der Waals surface area contributed by atoms with E-state index in [1.807, 2.05) is 18.2 Å². The molecule has 0 radical (unpaired) electrons. The average Bonchev–Trinajstić information content (AvgIpc) is 3.03. The molecule has 3 heterocycles. The first-order chi connectivity index (χ1) is 7.93. The Hall–Kier alpha value is -0.811. The summed E-state index contributed by atoms with van der Waals surface area (Å²) in [6.07, 6.45) is 0. The third-order valence-corrected chi connectivity index (χ3v) is 2.36. The minimum absolute atomic E-state index is 0. The van der Waals surface area contributed by atoms with E-state index in [1.165, 1.54) is 0 Å². The van der Waals surface area contributed by atoms with Crippen LogP contribution in [0.5, 0.6) is 0 Å². The number of nitrogens with zero attached hydrogens (tertiary/aromatic N) is 3. The molecule has 0 aliphatic carbocycles. The fraction of sp³-hybridized carbons (Fsp3) is 0.364. The summed E-state index contributed by atoms with van der Waals surface area (Å²) in [4.78, 5) is 12.9. The third kappa shape index (κ3) is 4.08. The fourth-order valence-corrected chi connectivity index (χ4v) is 1.65. The Morgan fingerprint density at radius 3 is 1.68 bits per heavy atom. The molecule has 5 nitrogen and oxygen atoms in total. The molecule has 1 aromatic rings. The maximum atomic E-state index is 5.36. The molecule has 0 aromatic carbocycles. The van der Waals surface area contributed by atoms with Crippen molar-refractivity contribution >= 4 is 11.8 Å². The van der Waals surface area contributed by atoms with Crippen LogP contribution in [0.1, 0.15) is 11.4 Å². The van der Waals surface area contributed by atoms with Crippen LogP contribution in [0, 0.1) is 0 Å². The molecule has 0 spiro atoms. The van der Waals surface area contributed by atoms with Crippen LogP contribution in [0.3, 0.4) is 0 Å². The van der Waals surface area contributed by atoms with Gasteiger partial charge < -0.3 is 34.3 Å². The Labute approximate surface area is 134 Å². The van der Waals surface area contributed by atoms with E-state index in [-0.39, 0.29) is 41.9 Å². The largest absolute Gasteiger partial charge is 2.00 e. The number of rotatable bonds is 2. The summed E-state index contributed by atoms with van der Waals surface area (Å²) in [5.74, 6) is 1.22. The Bertz CT molecular complexity index is 444. The van der Waals surface area contributed by atoms with Gasteiger partial charge in [-0.15, -0.1) is 0 Å². The smallest absolute Gasteiger partial charge is 1.00 e. The SMILES string of the molecule is [Cl-].[Cl-].[Fe+2].c1cc(C2=NCCO2)nc(C2=NCCO2)c1. The Morgan fingerprint density at radius 1 is 0.842 bits per heavy atom. The van der Waals surface area contributed by atoms with Gasteiger partial charge in [-0.05, 0) is 12.1 Å². The van der Waals surface area contributed by atoms with E-state index < -0.39 is 0 Å². The zero-order valence-electron chi connectivity index (χ0n) is 9.83. The summed E-state index contributed by atoms with van der Waals surface area (Å²) >= 11 is 0. The molecule has 2 aliphatic heterocycles. The van der Waals surface area contributed by atoms with Crippen molar-refractivity contribution in [1.29, 1.82) is 0 Å². The fourth-order valence-electron chi connectivity index (χ4n) is 1.65.